The second-order valence-corrected chi connectivity index (χ2v) is 6.74. The number of nitrogens with zero attached hydrogens (tertiary/aromatic N) is 3. The molecule has 0 atom stereocenters. The highest BCUT2D eigenvalue weighted by Gasteiger charge is 2.11. The van der Waals surface area contributed by atoms with Crippen molar-refractivity contribution in [1.29, 1.82) is 0 Å². The zero-order valence-electron chi connectivity index (χ0n) is 13.6. The highest BCUT2D eigenvalue weighted by molar-refractivity contribution is 7.16. The number of thiazole rings is 1. The average molecular weight is 348 g/mol. The Balaban J connectivity index is 1.54. The minimum absolute atomic E-state index is 0.152. The van der Waals surface area contributed by atoms with Gasteiger partial charge in [-0.25, -0.2) is 9.67 Å². The van der Waals surface area contributed by atoms with Crippen molar-refractivity contribution >= 4 is 33.3 Å². The lowest BCUT2D eigenvalue weighted by Gasteiger charge is -2.10. The van der Waals surface area contributed by atoms with E-state index in [-0.39, 0.29) is 5.91 Å². The number of aromatic nitrogens is 3. The van der Waals surface area contributed by atoms with Gasteiger partial charge < -0.3 is 5.32 Å². The van der Waals surface area contributed by atoms with E-state index in [1.165, 1.54) is 16.9 Å². The molecule has 4 rings (SSSR count). The van der Waals surface area contributed by atoms with Gasteiger partial charge in [-0.3, -0.25) is 4.79 Å². The van der Waals surface area contributed by atoms with Gasteiger partial charge >= 0.3 is 0 Å². The number of fused-ring (bicyclic) bond motifs is 1. The van der Waals surface area contributed by atoms with Crippen molar-refractivity contribution in [3.05, 3.63) is 76.9 Å². The van der Waals surface area contributed by atoms with Gasteiger partial charge in [0, 0.05) is 11.6 Å². The van der Waals surface area contributed by atoms with Gasteiger partial charge in [0.05, 0.1) is 28.5 Å². The highest BCUT2D eigenvalue weighted by Crippen LogP contribution is 2.20. The molecule has 2 aromatic carbocycles. The fourth-order valence-electron chi connectivity index (χ4n) is 2.73. The minimum Gasteiger partial charge on any atom is -0.307 e. The van der Waals surface area contributed by atoms with Gasteiger partial charge in [0.25, 0.3) is 5.91 Å². The molecule has 1 amide bonds. The molecule has 0 unspecified atom stereocenters. The van der Waals surface area contributed by atoms with Gasteiger partial charge in [0.2, 0.25) is 0 Å². The van der Waals surface area contributed by atoms with E-state index in [0.717, 1.165) is 15.8 Å². The van der Waals surface area contributed by atoms with Crippen LogP contribution in [0.1, 0.15) is 21.5 Å². The van der Waals surface area contributed by atoms with E-state index in [4.69, 9.17) is 0 Å². The molecule has 5 nitrogen and oxygen atoms in total. The molecule has 0 radical (unpaired) electrons. The zero-order valence-corrected chi connectivity index (χ0v) is 14.5. The molecule has 0 bridgehead atoms. The number of benzene rings is 2. The number of anilines is 1. The Morgan fingerprint density at radius 2 is 2.12 bits per heavy atom. The predicted molar refractivity (Wildman–Crippen MR) is 100 cm³/mol. The average Bonchev–Trinajstić information content (AvgIpc) is 3.23. The Morgan fingerprint density at radius 1 is 1.20 bits per heavy atom. The fraction of sp³-hybridized carbons (Fsp3) is 0.105. The molecule has 0 spiro atoms. The van der Waals surface area contributed by atoms with E-state index in [1.807, 2.05) is 18.2 Å². The van der Waals surface area contributed by atoms with Crippen LogP contribution in [0.4, 0.5) is 5.82 Å². The molecule has 0 aliphatic carbocycles. The summed E-state index contributed by atoms with van der Waals surface area (Å²) in [4.78, 5) is 16.8. The van der Waals surface area contributed by atoms with Crippen LogP contribution in [-0.2, 0) is 6.54 Å². The van der Waals surface area contributed by atoms with Crippen molar-refractivity contribution in [3.8, 4) is 0 Å². The summed E-state index contributed by atoms with van der Waals surface area (Å²) in [7, 11) is 0. The normalized spacial score (nSPS) is 10.9. The third kappa shape index (κ3) is 3.29. The van der Waals surface area contributed by atoms with Gasteiger partial charge in [-0.1, -0.05) is 29.8 Å². The SMILES string of the molecule is Cc1cccc(Cn2nccc2NC(=O)c2ccc3ncsc3c2)c1. The Labute approximate surface area is 149 Å². The van der Waals surface area contributed by atoms with Crippen LogP contribution in [-0.4, -0.2) is 20.7 Å². The lowest BCUT2D eigenvalue weighted by Crippen LogP contribution is -2.16. The van der Waals surface area contributed by atoms with Crippen molar-refractivity contribution < 1.29 is 4.79 Å². The molecule has 0 aliphatic heterocycles. The van der Waals surface area contributed by atoms with Crippen molar-refractivity contribution in [3.63, 3.8) is 0 Å². The van der Waals surface area contributed by atoms with Gasteiger partial charge in [0.1, 0.15) is 5.82 Å². The molecular formula is C19H16N4OS. The minimum atomic E-state index is -0.152. The van der Waals surface area contributed by atoms with Crippen LogP contribution in [0.2, 0.25) is 0 Å². The number of hydrogen-bond donors (Lipinski definition) is 1. The van der Waals surface area contributed by atoms with Crippen molar-refractivity contribution in [2.75, 3.05) is 5.32 Å². The Hall–Kier alpha value is -2.99. The molecule has 0 saturated heterocycles. The lowest BCUT2D eigenvalue weighted by atomic mass is 10.1. The molecular weight excluding hydrogens is 332 g/mol. The molecule has 6 heteroatoms. The lowest BCUT2D eigenvalue weighted by molar-refractivity contribution is 0.102. The molecule has 0 aliphatic rings. The first-order chi connectivity index (χ1) is 12.2. The highest BCUT2D eigenvalue weighted by atomic mass is 32.1. The number of aryl methyl sites for hydroxylation is 1. The summed E-state index contributed by atoms with van der Waals surface area (Å²) in [5, 5.41) is 7.27. The summed E-state index contributed by atoms with van der Waals surface area (Å²) in [6.07, 6.45) is 1.69. The topological polar surface area (TPSA) is 59.8 Å². The molecule has 0 fully saturated rings. The monoisotopic (exact) mass is 348 g/mol. The van der Waals surface area contributed by atoms with E-state index < -0.39 is 0 Å². The largest absolute Gasteiger partial charge is 0.307 e. The number of nitrogens with one attached hydrogen (secondary N) is 1. The Bertz CT molecular complexity index is 1050. The first-order valence-corrected chi connectivity index (χ1v) is 8.79. The van der Waals surface area contributed by atoms with E-state index >= 15 is 0 Å². The fourth-order valence-corrected chi connectivity index (χ4v) is 3.45. The summed E-state index contributed by atoms with van der Waals surface area (Å²) in [6.45, 7) is 2.67. The second-order valence-electron chi connectivity index (χ2n) is 5.85. The quantitative estimate of drug-likeness (QED) is 0.604. The van der Waals surface area contributed by atoms with Gasteiger partial charge in [0.15, 0.2) is 0 Å². The van der Waals surface area contributed by atoms with Crippen LogP contribution in [0.15, 0.2) is 60.2 Å². The zero-order chi connectivity index (χ0) is 17.2. The third-order valence-corrected chi connectivity index (χ3v) is 4.76. The standard InChI is InChI=1S/C19H16N4OS/c1-13-3-2-4-14(9-13)11-23-18(7-8-21-23)22-19(24)15-5-6-16-17(10-15)25-12-20-16/h2-10,12H,11H2,1H3,(H,22,24). The van der Waals surface area contributed by atoms with Gasteiger partial charge in [-0.2, -0.15) is 5.10 Å². The molecule has 124 valence electrons. The van der Waals surface area contributed by atoms with Crippen LogP contribution in [0.5, 0.6) is 0 Å². The summed E-state index contributed by atoms with van der Waals surface area (Å²) in [5.41, 5.74) is 5.65. The molecule has 25 heavy (non-hydrogen) atoms. The molecule has 4 aromatic rings. The van der Waals surface area contributed by atoms with Crippen molar-refractivity contribution in [2.45, 2.75) is 13.5 Å². The van der Waals surface area contributed by atoms with Gasteiger partial charge in [-0.05, 0) is 30.7 Å². The molecule has 2 aromatic heterocycles. The predicted octanol–water partition coefficient (Wildman–Crippen LogP) is 4.10. The number of carbonyl (C=O) groups excluding carboxylic acids is 1. The summed E-state index contributed by atoms with van der Waals surface area (Å²) in [5.74, 6) is 0.525. The van der Waals surface area contributed by atoms with Crippen LogP contribution in [0, 0.1) is 6.92 Å². The van der Waals surface area contributed by atoms with E-state index in [0.29, 0.717) is 17.9 Å². The molecule has 0 saturated carbocycles. The second kappa shape index (κ2) is 6.49. The number of rotatable bonds is 4. The first-order valence-electron chi connectivity index (χ1n) is 7.91. The van der Waals surface area contributed by atoms with Crippen LogP contribution < -0.4 is 5.32 Å². The number of hydrogen-bond acceptors (Lipinski definition) is 4. The maximum Gasteiger partial charge on any atom is 0.256 e. The van der Waals surface area contributed by atoms with E-state index in [9.17, 15) is 4.79 Å². The molecule has 1 N–H and O–H groups in total. The van der Waals surface area contributed by atoms with Gasteiger partial charge in [-0.15, -0.1) is 11.3 Å². The number of carbonyl (C=O) groups is 1. The van der Waals surface area contributed by atoms with Crippen molar-refractivity contribution in [2.24, 2.45) is 0 Å². The van der Waals surface area contributed by atoms with E-state index in [2.05, 4.69) is 40.5 Å². The maximum absolute atomic E-state index is 12.6. The summed E-state index contributed by atoms with van der Waals surface area (Å²) >= 11 is 1.52. The first kappa shape index (κ1) is 15.5. The Kier molecular flexibility index (Phi) is 4.03. The number of amides is 1. The van der Waals surface area contributed by atoms with E-state index in [1.54, 1.807) is 28.5 Å². The maximum atomic E-state index is 12.6. The smallest absolute Gasteiger partial charge is 0.256 e. The third-order valence-electron chi connectivity index (χ3n) is 3.97. The molecule has 2 heterocycles. The van der Waals surface area contributed by atoms with Crippen LogP contribution in [0.25, 0.3) is 10.2 Å². The van der Waals surface area contributed by atoms with Crippen LogP contribution >= 0.6 is 11.3 Å². The summed E-state index contributed by atoms with van der Waals surface area (Å²) in [6, 6.07) is 15.6. The van der Waals surface area contributed by atoms with Crippen molar-refractivity contribution in [1.82, 2.24) is 14.8 Å². The van der Waals surface area contributed by atoms with Crippen LogP contribution in [0.3, 0.4) is 0 Å². The Morgan fingerprint density at radius 3 is 3.00 bits per heavy atom. The summed E-state index contributed by atoms with van der Waals surface area (Å²) < 4.78 is 2.79.